The number of aryl methyl sites for hydroxylation is 1. The summed E-state index contributed by atoms with van der Waals surface area (Å²) in [6, 6.07) is 22.8. The molecule has 0 fully saturated rings. The normalized spacial score (nSPS) is 10.2. The highest BCUT2D eigenvalue weighted by molar-refractivity contribution is 6.06. The van der Waals surface area contributed by atoms with Gasteiger partial charge < -0.3 is 20.3 Å². The molecule has 33 heavy (non-hydrogen) atoms. The van der Waals surface area contributed by atoms with Crippen LogP contribution in [0, 0.1) is 6.92 Å². The Labute approximate surface area is 193 Å². The molecule has 3 amide bonds. The van der Waals surface area contributed by atoms with Crippen molar-refractivity contribution in [2.45, 2.75) is 13.8 Å². The van der Waals surface area contributed by atoms with E-state index in [4.69, 9.17) is 4.74 Å². The SMILES string of the molecule is CCOC(=O)c1ccc(NC(=O)NCCN(C(=O)c2ccc(C)cc2)c2ccccc2)cc1. The number of anilines is 2. The summed E-state index contributed by atoms with van der Waals surface area (Å²) < 4.78 is 4.95. The van der Waals surface area contributed by atoms with Gasteiger partial charge in [-0.3, -0.25) is 4.79 Å². The fourth-order valence-electron chi connectivity index (χ4n) is 3.17. The minimum Gasteiger partial charge on any atom is -0.462 e. The van der Waals surface area contributed by atoms with Gasteiger partial charge in [-0.2, -0.15) is 0 Å². The number of carbonyl (C=O) groups excluding carboxylic acids is 3. The van der Waals surface area contributed by atoms with Gasteiger partial charge in [-0.1, -0.05) is 35.9 Å². The van der Waals surface area contributed by atoms with Crippen molar-refractivity contribution in [1.82, 2.24) is 5.32 Å². The number of rotatable bonds is 8. The summed E-state index contributed by atoms with van der Waals surface area (Å²) in [5.41, 5.74) is 3.36. The van der Waals surface area contributed by atoms with Gasteiger partial charge in [-0.05, 0) is 62.4 Å². The van der Waals surface area contributed by atoms with Crippen molar-refractivity contribution in [1.29, 1.82) is 0 Å². The fourth-order valence-corrected chi connectivity index (χ4v) is 3.17. The van der Waals surface area contributed by atoms with Crippen LogP contribution in [-0.2, 0) is 4.74 Å². The number of carbonyl (C=O) groups is 3. The molecule has 0 unspecified atom stereocenters. The zero-order valence-corrected chi connectivity index (χ0v) is 18.7. The van der Waals surface area contributed by atoms with E-state index in [9.17, 15) is 14.4 Å². The van der Waals surface area contributed by atoms with Crippen molar-refractivity contribution in [2.24, 2.45) is 0 Å². The maximum Gasteiger partial charge on any atom is 0.338 e. The third-order valence-electron chi connectivity index (χ3n) is 4.89. The number of urea groups is 1. The minimum absolute atomic E-state index is 0.141. The van der Waals surface area contributed by atoms with Gasteiger partial charge in [0.25, 0.3) is 5.91 Å². The second-order valence-electron chi connectivity index (χ2n) is 7.34. The van der Waals surface area contributed by atoms with Crippen LogP contribution in [0.25, 0.3) is 0 Å². The topological polar surface area (TPSA) is 87.7 Å². The zero-order valence-electron chi connectivity index (χ0n) is 18.7. The summed E-state index contributed by atoms with van der Waals surface area (Å²) in [4.78, 5) is 38.8. The number of amides is 3. The van der Waals surface area contributed by atoms with Gasteiger partial charge in [0, 0.05) is 30.0 Å². The van der Waals surface area contributed by atoms with Crippen LogP contribution in [0.1, 0.15) is 33.2 Å². The molecule has 0 bridgehead atoms. The summed E-state index contributed by atoms with van der Waals surface area (Å²) in [5, 5.41) is 5.48. The van der Waals surface area contributed by atoms with Gasteiger partial charge in [0.15, 0.2) is 0 Å². The lowest BCUT2D eigenvalue weighted by molar-refractivity contribution is 0.0526. The molecule has 7 nitrogen and oxygen atoms in total. The maximum absolute atomic E-state index is 13.1. The Hall–Kier alpha value is -4.13. The first-order chi connectivity index (χ1) is 16.0. The van der Waals surface area contributed by atoms with Crippen LogP contribution in [0.15, 0.2) is 78.9 Å². The highest BCUT2D eigenvalue weighted by Gasteiger charge is 2.17. The van der Waals surface area contributed by atoms with Crippen LogP contribution in [-0.4, -0.2) is 37.6 Å². The van der Waals surface area contributed by atoms with Gasteiger partial charge in [0.1, 0.15) is 0 Å². The predicted octanol–water partition coefficient (Wildman–Crippen LogP) is 4.64. The molecule has 0 atom stereocenters. The Kier molecular flexibility index (Phi) is 8.18. The third kappa shape index (κ3) is 6.67. The lowest BCUT2D eigenvalue weighted by atomic mass is 10.1. The molecule has 0 radical (unpaired) electrons. The van der Waals surface area contributed by atoms with Crippen molar-refractivity contribution >= 4 is 29.3 Å². The maximum atomic E-state index is 13.1. The molecule has 0 saturated carbocycles. The zero-order chi connectivity index (χ0) is 23.6. The summed E-state index contributed by atoms with van der Waals surface area (Å²) in [6.07, 6.45) is 0. The Morgan fingerprint density at radius 2 is 1.48 bits per heavy atom. The number of nitrogens with zero attached hydrogens (tertiary/aromatic N) is 1. The molecule has 3 aromatic carbocycles. The quantitative estimate of drug-likeness (QED) is 0.495. The molecule has 0 aromatic heterocycles. The average molecular weight is 446 g/mol. The molecule has 0 saturated heterocycles. The Morgan fingerprint density at radius 1 is 0.848 bits per heavy atom. The lowest BCUT2D eigenvalue weighted by Gasteiger charge is -2.23. The lowest BCUT2D eigenvalue weighted by Crippen LogP contribution is -2.40. The van der Waals surface area contributed by atoms with Crippen LogP contribution >= 0.6 is 0 Å². The fraction of sp³-hybridized carbons (Fsp3) is 0.192. The van der Waals surface area contributed by atoms with E-state index in [0.717, 1.165) is 11.3 Å². The largest absolute Gasteiger partial charge is 0.462 e. The van der Waals surface area contributed by atoms with Crippen molar-refractivity contribution < 1.29 is 19.1 Å². The van der Waals surface area contributed by atoms with Crippen molar-refractivity contribution in [2.75, 3.05) is 29.9 Å². The van der Waals surface area contributed by atoms with Gasteiger partial charge >= 0.3 is 12.0 Å². The molecule has 2 N–H and O–H groups in total. The number of hydrogen-bond acceptors (Lipinski definition) is 4. The third-order valence-corrected chi connectivity index (χ3v) is 4.89. The monoisotopic (exact) mass is 445 g/mol. The molecule has 0 heterocycles. The van der Waals surface area contributed by atoms with Gasteiger partial charge in [0.05, 0.1) is 12.2 Å². The van der Waals surface area contributed by atoms with E-state index in [1.165, 1.54) is 0 Å². The Balaban J connectivity index is 1.59. The first-order valence-corrected chi connectivity index (χ1v) is 10.7. The van der Waals surface area contributed by atoms with Crippen LogP contribution in [0.4, 0.5) is 16.2 Å². The van der Waals surface area contributed by atoms with Gasteiger partial charge in [0.2, 0.25) is 0 Å². The molecule has 0 spiro atoms. The van der Waals surface area contributed by atoms with Crippen molar-refractivity contribution in [3.8, 4) is 0 Å². The Bertz CT molecular complexity index is 1080. The predicted molar refractivity (Wildman–Crippen MR) is 129 cm³/mol. The van der Waals surface area contributed by atoms with E-state index in [2.05, 4.69) is 10.6 Å². The van der Waals surface area contributed by atoms with Gasteiger partial charge in [-0.15, -0.1) is 0 Å². The van der Waals surface area contributed by atoms with E-state index in [0.29, 0.717) is 30.0 Å². The molecule has 0 aliphatic heterocycles. The second-order valence-corrected chi connectivity index (χ2v) is 7.34. The summed E-state index contributed by atoms with van der Waals surface area (Å²) in [5.74, 6) is -0.550. The number of nitrogens with one attached hydrogen (secondary N) is 2. The highest BCUT2D eigenvalue weighted by Crippen LogP contribution is 2.17. The molecule has 3 aromatic rings. The van der Waals surface area contributed by atoms with E-state index >= 15 is 0 Å². The van der Waals surface area contributed by atoms with E-state index in [1.54, 1.807) is 48.2 Å². The number of esters is 1. The van der Waals surface area contributed by atoms with E-state index in [-0.39, 0.29) is 12.5 Å². The van der Waals surface area contributed by atoms with E-state index in [1.807, 2.05) is 49.4 Å². The molecule has 7 heteroatoms. The van der Waals surface area contributed by atoms with Crippen LogP contribution in [0.5, 0.6) is 0 Å². The number of hydrogen-bond donors (Lipinski definition) is 2. The molecule has 170 valence electrons. The standard InChI is InChI=1S/C26H27N3O4/c1-3-33-25(31)21-13-15-22(16-14-21)28-26(32)27-17-18-29(23-7-5-4-6-8-23)24(30)20-11-9-19(2)10-12-20/h4-16H,3,17-18H2,1-2H3,(H2,27,28,32). The molecular formula is C26H27N3O4. The number of benzene rings is 3. The number of para-hydroxylation sites is 1. The molecule has 0 aliphatic rings. The van der Waals surface area contributed by atoms with Crippen LogP contribution in [0.2, 0.25) is 0 Å². The first-order valence-electron chi connectivity index (χ1n) is 10.7. The molecule has 3 rings (SSSR count). The summed E-state index contributed by atoms with van der Waals surface area (Å²) >= 11 is 0. The molecular weight excluding hydrogens is 418 g/mol. The first kappa shape index (κ1) is 23.5. The second kappa shape index (κ2) is 11.5. The highest BCUT2D eigenvalue weighted by atomic mass is 16.5. The summed E-state index contributed by atoms with van der Waals surface area (Å²) in [6.45, 7) is 4.56. The van der Waals surface area contributed by atoms with Crippen molar-refractivity contribution in [3.63, 3.8) is 0 Å². The smallest absolute Gasteiger partial charge is 0.338 e. The summed E-state index contributed by atoms with van der Waals surface area (Å²) in [7, 11) is 0. The van der Waals surface area contributed by atoms with Crippen molar-refractivity contribution in [3.05, 3.63) is 95.6 Å². The molecule has 0 aliphatic carbocycles. The van der Waals surface area contributed by atoms with E-state index < -0.39 is 12.0 Å². The number of ether oxygens (including phenoxy) is 1. The minimum atomic E-state index is -0.409. The Morgan fingerprint density at radius 3 is 2.12 bits per heavy atom. The van der Waals surface area contributed by atoms with Crippen LogP contribution in [0.3, 0.4) is 0 Å². The van der Waals surface area contributed by atoms with Gasteiger partial charge in [-0.25, -0.2) is 9.59 Å². The van der Waals surface area contributed by atoms with Crippen LogP contribution < -0.4 is 15.5 Å². The average Bonchev–Trinajstić information content (AvgIpc) is 2.83.